The minimum atomic E-state index is -3.38. The summed E-state index contributed by atoms with van der Waals surface area (Å²) < 4.78 is 27.6. The Morgan fingerprint density at radius 2 is 1.95 bits per heavy atom. The van der Waals surface area contributed by atoms with Crippen LogP contribution in [0.4, 0.5) is 0 Å². The zero-order valence-corrected chi connectivity index (χ0v) is 14.0. The van der Waals surface area contributed by atoms with Crippen molar-refractivity contribution in [3.63, 3.8) is 0 Å². The van der Waals surface area contributed by atoms with Crippen LogP contribution in [0.15, 0.2) is 23.1 Å². The first-order chi connectivity index (χ1) is 9.92. The summed E-state index contributed by atoms with van der Waals surface area (Å²) in [6, 6.07) is 5.97. The van der Waals surface area contributed by atoms with Crippen LogP contribution < -0.4 is 10.0 Å². The van der Waals surface area contributed by atoms with Crippen molar-refractivity contribution in [2.45, 2.75) is 70.0 Å². The van der Waals surface area contributed by atoms with E-state index in [4.69, 9.17) is 0 Å². The third-order valence-electron chi connectivity index (χ3n) is 4.00. The van der Waals surface area contributed by atoms with E-state index < -0.39 is 10.0 Å². The Hall–Kier alpha value is -0.910. The van der Waals surface area contributed by atoms with E-state index in [0.717, 1.165) is 31.2 Å². The molecule has 0 bridgehead atoms. The van der Waals surface area contributed by atoms with Gasteiger partial charge in [0.2, 0.25) is 10.0 Å². The monoisotopic (exact) mass is 310 g/mol. The van der Waals surface area contributed by atoms with E-state index in [9.17, 15) is 8.42 Å². The number of nitrogens with one attached hydrogen (secondary N) is 2. The first-order valence-electron chi connectivity index (χ1n) is 7.80. The lowest BCUT2D eigenvalue weighted by Gasteiger charge is -2.26. The fraction of sp³-hybridized carbons (Fsp3) is 0.625. The van der Waals surface area contributed by atoms with Crippen LogP contribution in [0, 0.1) is 0 Å². The van der Waals surface area contributed by atoms with Crippen LogP contribution >= 0.6 is 0 Å². The van der Waals surface area contributed by atoms with E-state index in [-0.39, 0.29) is 6.04 Å². The Balaban J connectivity index is 2.21. The minimum absolute atomic E-state index is 0.123. The number of aryl methyl sites for hydroxylation is 1. The highest BCUT2D eigenvalue weighted by Crippen LogP contribution is 2.22. The SMILES string of the molecule is CCc1ccc(S(=O)(=O)NC2CCC2)cc1CNC(C)C. The summed E-state index contributed by atoms with van der Waals surface area (Å²) in [5.41, 5.74) is 2.27. The third-order valence-corrected chi connectivity index (χ3v) is 5.51. The number of hydrogen-bond donors (Lipinski definition) is 2. The number of sulfonamides is 1. The van der Waals surface area contributed by atoms with Gasteiger partial charge in [0, 0.05) is 18.6 Å². The molecule has 1 aromatic rings. The van der Waals surface area contributed by atoms with Gasteiger partial charge in [0.25, 0.3) is 0 Å². The maximum absolute atomic E-state index is 12.4. The highest BCUT2D eigenvalue weighted by Gasteiger charge is 2.25. The summed E-state index contributed by atoms with van der Waals surface area (Å²) in [5, 5.41) is 3.36. The second-order valence-corrected chi connectivity index (χ2v) is 7.78. The average molecular weight is 310 g/mol. The maximum atomic E-state index is 12.4. The van der Waals surface area contributed by atoms with Crippen molar-refractivity contribution >= 4 is 10.0 Å². The second-order valence-electron chi connectivity index (χ2n) is 6.07. The maximum Gasteiger partial charge on any atom is 0.240 e. The van der Waals surface area contributed by atoms with Crippen molar-refractivity contribution in [3.05, 3.63) is 29.3 Å². The van der Waals surface area contributed by atoms with Crippen LogP contribution in [0.1, 0.15) is 51.2 Å². The fourth-order valence-corrected chi connectivity index (χ4v) is 3.76. The molecule has 1 saturated carbocycles. The molecule has 0 atom stereocenters. The Morgan fingerprint density at radius 1 is 1.24 bits per heavy atom. The Labute approximate surface area is 128 Å². The standard InChI is InChI=1S/C16H26N2O2S/c1-4-13-8-9-16(10-14(13)11-17-12(2)3)21(19,20)18-15-6-5-7-15/h8-10,12,15,17-18H,4-7,11H2,1-3H3. The highest BCUT2D eigenvalue weighted by atomic mass is 32.2. The van der Waals surface area contributed by atoms with Crippen molar-refractivity contribution in [3.8, 4) is 0 Å². The second kappa shape index (κ2) is 6.90. The molecule has 4 nitrogen and oxygen atoms in total. The quantitative estimate of drug-likeness (QED) is 0.814. The summed E-state index contributed by atoms with van der Waals surface area (Å²) >= 11 is 0. The summed E-state index contributed by atoms with van der Waals surface area (Å²) in [5.74, 6) is 0. The molecular weight excluding hydrogens is 284 g/mol. The lowest BCUT2D eigenvalue weighted by molar-refractivity contribution is 0.383. The van der Waals surface area contributed by atoms with Crippen LogP contribution in [0.3, 0.4) is 0 Å². The van der Waals surface area contributed by atoms with Gasteiger partial charge in [-0.15, -0.1) is 0 Å². The predicted molar refractivity (Wildman–Crippen MR) is 85.8 cm³/mol. The summed E-state index contributed by atoms with van der Waals surface area (Å²) in [6.07, 6.45) is 3.93. The molecule has 1 aromatic carbocycles. The Morgan fingerprint density at radius 3 is 2.48 bits per heavy atom. The molecule has 1 aliphatic rings. The molecule has 0 saturated heterocycles. The third kappa shape index (κ3) is 4.28. The van der Waals surface area contributed by atoms with Gasteiger partial charge in [-0.2, -0.15) is 0 Å². The average Bonchev–Trinajstić information content (AvgIpc) is 2.40. The zero-order chi connectivity index (χ0) is 15.5. The smallest absolute Gasteiger partial charge is 0.240 e. The Kier molecular flexibility index (Phi) is 5.41. The molecule has 1 aliphatic carbocycles. The lowest BCUT2D eigenvalue weighted by atomic mass is 9.94. The van der Waals surface area contributed by atoms with Gasteiger partial charge in [0.05, 0.1) is 4.90 Å². The first-order valence-corrected chi connectivity index (χ1v) is 9.28. The van der Waals surface area contributed by atoms with E-state index in [1.54, 1.807) is 6.07 Å². The normalized spacial score (nSPS) is 16.2. The van der Waals surface area contributed by atoms with Crippen molar-refractivity contribution in [2.24, 2.45) is 0 Å². The van der Waals surface area contributed by atoms with E-state index in [1.165, 1.54) is 5.56 Å². The molecule has 0 aromatic heterocycles. The van der Waals surface area contributed by atoms with Gasteiger partial charge in [0.15, 0.2) is 0 Å². The van der Waals surface area contributed by atoms with Gasteiger partial charge in [-0.05, 0) is 42.5 Å². The molecule has 0 unspecified atom stereocenters. The van der Waals surface area contributed by atoms with Crippen LogP contribution in [0.25, 0.3) is 0 Å². The van der Waals surface area contributed by atoms with Crippen molar-refractivity contribution in [2.75, 3.05) is 0 Å². The van der Waals surface area contributed by atoms with Crippen molar-refractivity contribution in [1.29, 1.82) is 0 Å². The van der Waals surface area contributed by atoms with Crippen LogP contribution in [-0.2, 0) is 23.0 Å². The van der Waals surface area contributed by atoms with Crippen LogP contribution in [0.5, 0.6) is 0 Å². The summed E-state index contributed by atoms with van der Waals surface area (Å²) in [4.78, 5) is 0.382. The van der Waals surface area contributed by atoms with Gasteiger partial charge in [-0.3, -0.25) is 0 Å². The molecule has 2 N–H and O–H groups in total. The van der Waals surface area contributed by atoms with Crippen molar-refractivity contribution < 1.29 is 8.42 Å². The van der Waals surface area contributed by atoms with Crippen molar-refractivity contribution in [1.82, 2.24) is 10.0 Å². The molecule has 0 aliphatic heterocycles. The number of hydrogen-bond acceptors (Lipinski definition) is 3. The number of rotatable bonds is 7. The van der Waals surface area contributed by atoms with Gasteiger partial charge >= 0.3 is 0 Å². The number of benzene rings is 1. The molecule has 5 heteroatoms. The van der Waals surface area contributed by atoms with E-state index >= 15 is 0 Å². The molecule has 1 fully saturated rings. The summed E-state index contributed by atoms with van der Waals surface area (Å²) in [6.45, 7) is 6.97. The Bertz CT molecular complexity index is 578. The molecule has 118 valence electrons. The van der Waals surface area contributed by atoms with E-state index in [0.29, 0.717) is 17.5 Å². The molecule has 0 spiro atoms. The molecule has 0 radical (unpaired) electrons. The van der Waals surface area contributed by atoms with Gasteiger partial charge < -0.3 is 5.32 Å². The minimum Gasteiger partial charge on any atom is -0.310 e. The van der Waals surface area contributed by atoms with Crippen LogP contribution in [0.2, 0.25) is 0 Å². The fourth-order valence-electron chi connectivity index (χ4n) is 2.41. The predicted octanol–water partition coefficient (Wildman–Crippen LogP) is 2.58. The van der Waals surface area contributed by atoms with Gasteiger partial charge in [-0.1, -0.05) is 33.3 Å². The molecular formula is C16H26N2O2S. The lowest BCUT2D eigenvalue weighted by Crippen LogP contribution is -2.39. The van der Waals surface area contributed by atoms with Gasteiger partial charge in [-0.25, -0.2) is 13.1 Å². The first kappa shape index (κ1) is 16.5. The van der Waals surface area contributed by atoms with Gasteiger partial charge in [0.1, 0.15) is 0 Å². The largest absolute Gasteiger partial charge is 0.310 e. The topological polar surface area (TPSA) is 58.2 Å². The molecule has 2 rings (SSSR count). The van der Waals surface area contributed by atoms with E-state index in [2.05, 4.69) is 30.8 Å². The molecule has 0 amide bonds. The zero-order valence-electron chi connectivity index (χ0n) is 13.1. The van der Waals surface area contributed by atoms with Crippen LogP contribution in [-0.4, -0.2) is 20.5 Å². The molecule has 0 heterocycles. The molecule has 21 heavy (non-hydrogen) atoms. The summed E-state index contributed by atoms with van der Waals surface area (Å²) in [7, 11) is -3.38. The highest BCUT2D eigenvalue weighted by molar-refractivity contribution is 7.89. The van der Waals surface area contributed by atoms with E-state index in [1.807, 2.05) is 12.1 Å².